The average molecular weight is 464 g/mol. The van der Waals surface area contributed by atoms with Gasteiger partial charge in [-0.2, -0.15) is 0 Å². The van der Waals surface area contributed by atoms with Crippen molar-refractivity contribution in [2.45, 2.75) is 31.5 Å². The van der Waals surface area contributed by atoms with Gasteiger partial charge >= 0.3 is 0 Å². The average Bonchev–Trinajstić information content (AvgIpc) is 2.79. The van der Waals surface area contributed by atoms with Crippen molar-refractivity contribution < 1.29 is 9.59 Å². The van der Waals surface area contributed by atoms with Crippen LogP contribution in [0.5, 0.6) is 0 Å². The summed E-state index contributed by atoms with van der Waals surface area (Å²) in [7, 11) is 0. The lowest BCUT2D eigenvalue weighted by molar-refractivity contribution is -0.984. The van der Waals surface area contributed by atoms with Gasteiger partial charge in [0.2, 0.25) is 0 Å². The van der Waals surface area contributed by atoms with Gasteiger partial charge in [-0.15, -0.1) is 6.58 Å². The first kappa shape index (κ1) is 19.9. The van der Waals surface area contributed by atoms with Gasteiger partial charge in [-0.1, -0.05) is 52.3 Å². The molecule has 4 heteroatoms. The molecule has 3 aliphatic rings. The van der Waals surface area contributed by atoms with E-state index in [1.165, 1.54) is 12.0 Å². The molecule has 2 bridgehead atoms. The molecule has 0 radical (unpaired) electrons. The van der Waals surface area contributed by atoms with Crippen LogP contribution in [0.1, 0.15) is 30.1 Å². The first-order valence-electron chi connectivity index (χ1n) is 10.8. The van der Waals surface area contributed by atoms with Crippen LogP contribution in [0.3, 0.4) is 0 Å². The van der Waals surface area contributed by atoms with E-state index in [0.717, 1.165) is 51.5 Å². The Kier molecular flexibility index (Phi) is 5.26. The SMILES string of the molecule is C=C[C@H]1C[N+]2(Cc3ccc(Br)cc3)CCC1C[C@H]2[C@H](O)c1ccnc2ccccc12. The van der Waals surface area contributed by atoms with Crippen molar-refractivity contribution >= 4 is 26.8 Å². The summed E-state index contributed by atoms with van der Waals surface area (Å²) >= 11 is 3.55. The predicted molar refractivity (Wildman–Crippen MR) is 125 cm³/mol. The van der Waals surface area contributed by atoms with Crippen LogP contribution in [0.15, 0.2) is 77.9 Å². The highest BCUT2D eigenvalue weighted by atomic mass is 79.9. The molecular formula is C26H28BrN2O+. The molecule has 3 nitrogen and oxygen atoms in total. The molecule has 2 unspecified atom stereocenters. The van der Waals surface area contributed by atoms with E-state index in [1.807, 2.05) is 30.5 Å². The number of hydrogen-bond acceptors (Lipinski definition) is 2. The fourth-order valence-electron chi connectivity index (χ4n) is 5.92. The van der Waals surface area contributed by atoms with Gasteiger partial charge in [0.1, 0.15) is 18.7 Å². The number of aromatic nitrogens is 1. The van der Waals surface area contributed by atoms with E-state index >= 15 is 0 Å². The van der Waals surface area contributed by atoms with Gasteiger partial charge in [0.05, 0.1) is 18.6 Å². The number of benzene rings is 2. The Labute approximate surface area is 186 Å². The predicted octanol–water partition coefficient (Wildman–Crippen LogP) is 5.64. The monoisotopic (exact) mass is 463 g/mol. The summed E-state index contributed by atoms with van der Waals surface area (Å²) < 4.78 is 2.04. The highest BCUT2D eigenvalue weighted by Gasteiger charge is 2.53. The lowest BCUT2D eigenvalue weighted by atomic mass is 9.71. The molecule has 154 valence electrons. The molecular weight excluding hydrogens is 436 g/mol. The van der Waals surface area contributed by atoms with E-state index in [2.05, 4.69) is 63.9 Å². The fourth-order valence-corrected chi connectivity index (χ4v) is 6.18. The van der Waals surface area contributed by atoms with Gasteiger partial charge in [-0.25, -0.2) is 0 Å². The molecule has 1 N–H and O–H groups in total. The topological polar surface area (TPSA) is 33.1 Å². The molecule has 2 aromatic carbocycles. The smallest absolute Gasteiger partial charge is 0.131 e. The van der Waals surface area contributed by atoms with Crippen molar-refractivity contribution in [1.29, 1.82) is 0 Å². The fraction of sp³-hybridized carbons (Fsp3) is 0.346. The molecule has 3 aliphatic heterocycles. The highest BCUT2D eigenvalue weighted by molar-refractivity contribution is 9.10. The van der Waals surface area contributed by atoms with Crippen LogP contribution in [-0.2, 0) is 6.54 Å². The van der Waals surface area contributed by atoms with Crippen LogP contribution in [0, 0.1) is 11.8 Å². The molecule has 0 aliphatic carbocycles. The van der Waals surface area contributed by atoms with Gasteiger partial charge in [-0.3, -0.25) is 4.98 Å². The second-order valence-corrected chi connectivity index (χ2v) is 9.94. The molecule has 5 atom stereocenters. The lowest BCUT2D eigenvalue weighted by Crippen LogP contribution is -2.67. The number of aliphatic hydroxyl groups excluding tert-OH is 1. The number of quaternary nitrogens is 1. The summed E-state index contributed by atoms with van der Waals surface area (Å²) in [5.41, 5.74) is 3.30. The highest BCUT2D eigenvalue weighted by Crippen LogP contribution is 2.48. The third kappa shape index (κ3) is 3.41. The number of para-hydroxylation sites is 1. The summed E-state index contributed by atoms with van der Waals surface area (Å²) in [5, 5.41) is 12.8. The van der Waals surface area contributed by atoms with E-state index in [1.54, 1.807) is 0 Å². The number of fused-ring (bicyclic) bond motifs is 4. The second-order valence-electron chi connectivity index (χ2n) is 9.02. The summed E-state index contributed by atoms with van der Waals surface area (Å²) in [5.74, 6) is 1.16. The number of aliphatic hydroxyl groups is 1. The van der Waals surface area contributed by atoms with E-state index in [4.69, 9.17) is 0 Å². The van der Waals surface area contributed by atoms with Gasteiger partial charge in [0, 0.05) is 40.4 Å². The van der Waals surface area contributed by atoms with E-state index in [9.17, 15) is 5.11 Å². The summed E-state index contributed by atoms with van der Waals surface area (Å²) in [6.45, 7) is 7.27. The van der Waals surface area contributed by atoms with Gasteiger partial charge in [0.15, 0.2) is 0 Å². The molecule has 4 heterocycles. The lowest BCUT2D eigenvalue weighted by Gasteiger charge is -2.58. The quantitative estimate of drug-likeness (QED) is 0.392. The Morgan fingerprint density at radius 3 is 2.77 bits per heavy atom. The van der Waals surface area contributed by atoms with Crippen molar-refractivity contribution in [2.24, 2.45) is 11.8 Å². The van der Waals surface area contributed by atoms with E-state index in [0.29, 0.717) is 11.8 Å². The van der Waals surface area contributed by atoms with E-state index in [-0.39, 0.29) is 6.04 Å². The molecule has 3 fully saturated rings. The molecule has 0 amide bonds. The standard InChI is InChI=1S/C26H28BrN2O/c1-2-19-17-29(16-18-7-9-21(27)10-8-18)14-12-20(19)15-25(29)26(30)23-11-13-28-24-6-4-3-5-22(23)24/h2-11,13,19-20,25-26,30H,1,12,14-17H2/q+1/t19-,20?,25-,26+,29?/m0/s1. The zero-order chi connectivity index (χ0) is 20.7. The first-order chi connectivity index (χ1) is 14.6. The number of rotatable bonds is 5. The van der Waals surface area contributed by atoms with Crippen LogP contribution in [0.4, 0.5) is 0 Å². The Morgan fingerprint density at radius 1 is 1.17 bits per heavy atom. The molecule has 30 heavy (non-hydrogen) atoms. The first-order valence-corrected chi connectivity index (χ1v) is 11.6. The zero-order valence-electron chi connectivity index (χ0n) is 17.1. The molecule has 3 aromatic rings. The Morgan fingerprint density at radius 2 is 1.97 bits per heavy atom. The van der Waals surface area contributed by atoms with Crippen molar-refractivity contribution in [3.05, 3.63) is 89.0 Å². The van der Waals surface area contributed by atoms with Gasteiger partial charge in [-0.05, 0) is 35.7 Å². The summed E-state index contributed by atoms with van der Waals surface area (Å²) in [4.78, 5) is 4.50. The minimum atomic E-state index is -0.498. The maximum Gasteiger partial charge on any atom is 0.131 e. The van der Waals surface area contributed by atoms with Crippen LogP contribution in [0.25, 0.3) is 10.9 Å². The molecule has 3 saturated heterocycles. The summed E-state index contributed by atoms with van der Waals surface area (Å²) in [6, 6.07) is 19.0. The van der Waals surface area contributed by atoms with Gasteiger partial charge < -0.3 is 9.59 Å². The summed E-state index contributed by atoms with van der Waals surface area (Å²) in [6.07, 6.45) is 5.76. The minimum absolute atomic E-state index is 0.189. The Balaban J connectivity index is 1.55. The van der Waals surface area contributed by atoms with Gasteiger partial charge in [0.25, 0.3) is 0 Å². The van der Waals surface area contributed by atoms with Crippen LogP contribution >= 0.6 is 15.9 Å². The Hall–Kier alpha value is -2.01. The largest absolute Gasteiger partial charge is 0.382 e. The number of piperidine rings is 3. The molecule has 1 aromatic heterocycles. The Bertz CT molecular complexity index is 1060. The maximum absolute atomic E-state index is 11.7. The maximum atomic E-state index is 11.7. The molecule has 0 spiro atoms. The number of pyridine rings is 1. The third-order valence-corrected chi connectivity index (χ3v) is 7.98. The second kappa shape index (κ2) is 7.92. The van der Waals surface area contributed by atoms with Crippen LogP contribution < -0.4 is 0 Å². The minimum Gasteiger partial charge on any atom is -0.382 e. The van der Waals surface area contributed by atoms with Crippen molar-refractivity contribution in [3.8, 4) is 0 Å². The normalized spacial score (nSPS) is 29.1. The number of hydrogen-bond donors (Lipinski definition) is 1. The van der Waals surface area contributed by atoms with Crippen LogP contribution in [-0.4, -0.2) is 33.7 Å². The molecule has 6 rings (SSSR count). The van der Waals surface area contributed by atoms with Crippen LogP contribution in [0.2, 0.25) is 0 Å². The van der Waals surface area contributed by atoms with Crippen molar-refractivity contribution in [1.82, 2.24) is 4.98 Å². The zero-order valence-corrected chi connectivity index (χ0v) is 18.7. The third-order valence-electron chi connectivity index (χ3n) is 7.45. The number of nitrogens with zero attached hydrogens (tertiary/aromatic N) is 2. The van der Waals surface area contributed by atoms with Crippen molar-refractivity contribution in [3.63, 3.8) is 0 Å². The number of halogens is 1. The molecule has 0 saturated carbocycles. The van der Waals surface area contributed by atoms with E-state index < -0.39 is 6.10 Å². The van der Waals surface area contributed by atoms with Crippen molar-refractivity contribution in [2.75, 3.05) is 13.1 Å².